The normalized spacial score (nSPS) is 19.8. The standard InChI is InChI=1S/C24H25N3O5/c1-31-13-14-32-19-11-9-17(10-12-19)25-22(28)16-5-4-6-18(15-16)27-24(30)21-8-3-2-7-20(21)23(29)26-27/h2-6,9-12,15,20-21H,7-8,13-14H2,1H3,(H,25,28)(H,26,29). The van der Waals surface area contributed by atoms with Gasteiger partial charge >= 0.3 is 0 Å². The van der Waals surface area contributed by atoms with E-state index in [4.69, 9.17) is 9.47 Å². The lowest BCUT2D eigenvalue weighted by atomic mass is 9.80. The monoisotopic (exact) mass is 435 g/mol. The number of amides is 3. The summed E-state index contributed by atoms with van der Waals surface area (Å²) in [4.78, 5) is 38.2. The van der Waals surface area contributed by atoms with Crippen LogP contribution in [-0.4, -0.2) is 38.0 Å². The molecule has 0 saturated carbocycles. The number of allylic oxidation sites excluding steroid dienone is 2. The Morgan fingerprint density at radius 2 is 1.81 bits per heavy atom. The summed E-state index contributed by atoms with van der Waals surface area (Å²) >= 11 is 0. The van der Waals surface area contributed by atoms with Crippen molar-refractivity contribution in [3.8, 4) is 5.75 Å². The predicted octanol–water partition coefficient (Wildman–Crippen LogP) is 2.92. The number of hydrazine groups is 1. The molecule has 0 radical (unpaired) electrons. The molecule has 3 amide bonds. The van der Waals surface area contributed by atoms with E-state index in [2.05, 4.69) is 10.7 Å². The number of hydrogen-bond acceptors (Lipinski definition) is 5. The van der Waals surface area contributed by atoms with Crippen molar-refractivity contribution in [2.24, 2.45) is 11.8 Å². The van der Waals surface area contributed by atoms with Gasteiger partial charge in [-0.25, -0.2) is 5.01 Å². The highest BCUT2D eigenvalue weighted by atomic mass is 16.5. The van der Waals surface area contributed by atoms with Gasteiger partial charge in [0.05, 0.1) is 24.1 Å². The molecule has 1 heterocycles. The van der Waals surface area contributed by atoms with Crippen molar-refractivity contribution in [3.63, 3.8) is 0 Å². The van der Waals surface area contributed by atoms with Gasteiger partial charge < -0.3 is 14.8 Å². The molecule has 1 saturated heterocycles. The van der Waals surface area contributed by atoms with Gasteiger partial charge in [-0.15, -0.1) is 0 Å². The number of hydrogen-bond donors (Lipinski definition) is 2. The Bertz CT molecular complexity index is 1030. The van der Waals surface area contributed by atoms with E-state index in [9.17, 15) is 14.4 Å². The highest BCUT2D eigenvalue weighted by Gasteiger charge is 2.42. The molecule has 0 bridgehead atoms. The third-order valence-corrected chi connectivity index (χ3v) is 5.56. The molecular weight excluding hydrogens is 410 g/mol. The van der Waals surface area contributed by atoms with Crippen LogP contribution in [0.5, 0.6) is 5.75 Å². The zero-order chi connectivity index (χ0) is 22.5. The predicted molar refractivity (Wildman–Crippen MR) is 119 cm³/mol. The van der Waals surface area contributed by atoms with Crippen molar-refractivity contribution < 1.29 is 23.9 Å². The van der Waals surface area contributed by atoms with Crippen LogP contribution in [0, 0.1) is 11.8 Å². The fraction of sp³-hybridized carbons (Fsp3) is 0.292. The smallest absolute Gasteiger partial charge is 0.255 e. The maximum absolute atomic E-state index is 13.0. The van der Waals surface area contributed by atoms with Crippen LogP contribution in [0.1, 0.15) is 23.2 Å². The summed E-state index contributed by atoms with van der Waals surface area (Å²) in [6.45, 7) is 0.936. The average Bonchev–Trinajstić information content (AvgIpc) is 2.83. The molecule has 2 atom stereocenters. The van der Waals surface area contributed by atoms with E-state index in [1.54, 1.807) is 55.6 Å². The van der Waals surface area contributed by atoms with Crippen molar-refractivity contribution in [1.29, 1.82) is 0 Å². The van der Waals surface area contributed by atoms with Gasteiger partial charge in [-0.05, 0) is 55.3 Å². The number of anilines is 2. The minimum Gasteiger partial charge on any atom is -0.491 e. The number of carbonyl (C=O) groups is 3. The highest BCUT2D eigenvalue weighted by Crippen LogP contribution is 2.32. The topological polar surface area (TPSA) is 97.0 Å². The first-order valence-corrected chi connectivity index (χ1v) is 10.5. The first-order valence-electron chi connectivity index (χ1n) is 10.5. The number of fused-ring (bicyclic) bond motifs is 1. The first kappa shape index (κ1) is 21.6. The van der Waals surface area contributed by atoms with Crippen LogP contribution < -0.4 is 20.5 Å². The molecule has 2 aromatic rings. The lowest BCUT2D eigenvalue weighted by Gasteiger charge is -2.38. The van der Waals surface area contributed by atoms with Crippen molar-refractivity contribution in [1.82, 2.24) is 5.43 Å². The second kappa shape index (κ2) is 9.65. The fourth-order valence-corrected chi connectivity index (χ4v) is 3.85. The summed E-state index contributed by atoms with van der Waals surface area (Å²) in [5.74, 6) is -0.707. The van der Waals surface area contributed by atoms with E-state index in [1.807, 2.05) is 12.2 Å². The maximum atomic E-state index is 13.0. The molecule has 166 valence electrons. The molecule has 2 unspecified atom stereocenters. The van der Waals surface area contributed by atoms with Gasteiger partial charge in [0.25, 0.3) is 5.91 Å². The molecule has 1 aliphatic carbocycles. The summed E-state index contributed by atoms with van der Waals surface area (Å²) in [7, 11) is 1.61. The summed E-state index contributed by atoms with van der Waals surface area (Å²) in [5.41, 5.74) is 4.11. The molecule has 1 fully saturated rings. The van der Waals surface area contributed by atoms with Crippen LogP contribution in [0.3, 0.4) is 0 Å². The average molecular weight is 435 g/mol. The summed E-state index contributed by atoms with van der Waals surface area (Å²) in [5, 5.41) is 4.08. The van der Waals surface area contributed by atoms with E-state index in [0.717, 1.165) is 0 Å². The minimum absolute atomic E-state index is 0.166. The molecule has 8 heteroatoms. The Labute approximate surface area is 186 Å². The van der Waals surface area contributed by atoms with Gasteiger partial charge in [0.2, 0.25) is 11.8 Å². The van der Waals surface area contributed by atoms with Crippen LogP contribution in [0.2, 0.25) is 0 Å². The summed E-state index contributed by atoms with van der Waals surface area (Å²) < 4.78 is 10.5. The number of rotatable bonds is 7. The van der Waals surface area contributed by atoms with Crippen LogP contribution in [-0.2, 0) is 14.3 Å². The fourth-order valence-electron chi connectivity index (χ4n) is 3.85. The van der Waals surface area contributed by atoms with Gasteiger partial charge in [0, 0.05) is 18.4 Å². The molecule has 0 spiro atoms. The van der Waals surface area contributed by atoms with Crippen molar-refractivity contribution >= 4 is 29.1 Å². The number of methoxy groups -OCH3 is 1. The molecule has 2 aliphatic rings. The van der Waals surface area contributed by atoms with Gasteiger partial charge in [0.15, 0.2) is 0 Å². The Morgan fingerprint density at radius 1 is 1.06 bits per heavy atom. The zero-order valence-corrected chi connectivity index (χ0v) is 17.7. The molecule has 2 aromatic carbocycles. The lowest BCUT2D eigenvalue weighted by molar-refractivity contribution is -0.139. The van der Waals surface area contributed by atoms with Crippen LogP contribution in [0.25, 0.3) is 0 Å². The number of carbonyl (C=O) groups excluding carboxylic acids is 3. The third-order valence-electron chi connectivity index (χ3n) is 5.56. The van der Waals surface area contributed by atoms with E-state index in [0.29, 0.717) is 48.7 Å². The van der Waals surface area contributed by atoms with Crippen LogP contribution >= 0.6 is 0 Å². The Balaban J connectivity index is 1.44. The number of nitrogens with zero attached hydrogens (tertiary/aromatic N) is 1. The van der Waals surface area contributed by atoms with Crippen molar-refractivity contribution in [2.45, 2.75) is 12.8 Å². The van der Waals surface area contributed by atoms with Gasteiger partial charge in [-0.1, -0.05) is 18.2 Å². The number of ether oxygens (including phenoxy) is 2. The lowest BCUT2D eigenvalue weighted by Crippen LogP contribution is -2.59. The quantitative estimate of drug-likeness (QED) is 0.515. The molecule has 8 nitrogen and oxygen atoms in total. The SMILES string of the molecule is COCCOc1ccc(NC(=O)c2cccc(N3NC(=O)C4CC=CCC4C3=O)c2)cc1. The molecule has 1 aliphatic heterocycles. The van der Waals surface area contributed by atoms with E-state index < -0.39 is 0 Å². The van der Waals surface area contributed by atoms with E-state index in [-0.39, 0.29) is 29.6 Å². The van der Waals surface area contributed by atoms with Crippen LogP contribution in [0.15, 0.2) is 60.7 Å². The Kier molecular flexibility index (Phi) is 6.51. The zero-order valence-electron chi connectivity index (χ0n) is 17.7. The molecule has 0 aromatic heterocycles. The van der Waals surface area contributed by atoms with Gasteiger partial charge in [0.1, 0.15) is 12.4 Å². The summed E-state index contributed by atoms with van der Waals surface area (Å²) in [6.07, 6.45) is 4.98. The van der Waals surface area contributed by atoms with Crippen LogP contribution in [0.4, 0.5) is 11.4 Å². The molecule has 4 rings (SSSR count). The summed E-state index contributed by atoms with van der Waals surface area (Å²) in [6, 6.07) is 13.6. The molecule has 32 heavy (non-hydrogen) atoms. The maximum Gasteiger partial charge on any atom is 0.255 e. The minimum atomic E-state index is -0.379. The Morgan fingerprint density at radius 3 is 2.56 bits per heavy atom. The van der Waals surface area contributed by atoms with Crippen molar-refractivity contribution in [2.75, 3.05) is 30.6 Å². The van der Waals surface area contributed by atoms with Gasteiger partial charge in [-0.3, -0.25) is 19.8 Å². The largest absolute Gasteiger partial charge is 0.491 e. The third kappa shape index (κ3) is 4.65. The Hall–Kier alpha value is -3.65. The second-order valence-electron chi connectivity index (χ2n) is 7.68. The molecular formula is C24H25N3O5. The molecule has 2 N–H and O–H groups in total. The number of benzene rings is 2. The second-order valence-corrected chi connectivity index (χ2v) is 7.68. The number of nitrogens with one attached hydrogen (secondary N) is 2. The van der Waals surface area contributed by atoms with Crippen molar-refractivity contribution in [3.05, 3.63) is 66.2 Å². The van der Waals surface area contributed by atoms with E-state index in [1.165, 1.54) is 5.01 Å². The first-order chi connectivity index (χ1) is 15.6. The van der Waals surface area contributed by atoms with E-state index >= 15 is 0 Å². The highest BCUT2D eigenvalue weighted by molar-refractivity contribution is 6.07. The van der Waals surface area contributed by atoms with Gasteiger partial charge in [-0.2, -0.15) is 0 Å².